The normalized spacial score (nSPS) is 12.7. The maximum Gasteiger partial charge on any atom is 0.320 e. The van der Waals surface area contributed by atoms with Gasteiger partial charge < -0.3 is 9.67 Å². The highest BCUT2D eigenvalue weighted by molar-refractivity contribution is 5.72. The van der Waals surface area contributed by atoms with Crippen molar-refractivity contribution < 1.29 is 9.90 Å². The summed E-state index contributed by atoms with van der Waals surface area (Å²) in [6.07, 6.45) is 3.48. The van der Waals surface area contributed by atoms with Crippen molar-refractivity contribution in [2.24, 2.45) is 0 Å². The molecule has 0 spiro atoms. The summed E-state index contributed by atoms with van der Waals surface area (Å²) in [6, 6.07) is -0.532. The standard InChI is InChI=1S/C9H15N3O2/c1-3-12-6-10-4-8(12)5-11-7(2)9(13)14/h4,6-7,11H,3,5H2,1-2H3,(H,13,14). The van der Waals surface area contributed by atoms with Crippen molar-refractivity contribution >= 4 is 5.97 Å². The van der Waals surface area contributed by atoms with E-state index in [0.717, 1.165) is 12.2 Å². The molecule has 1 atom stereocenters. The maximum atomic E-state index is 10.5. The third-order valence-corrected chi connectivity index (χ3v) is 2.10. The first kappa shape index (κ1) is 10.7. The number of carboxylic acid groups (broad SMARTS) is 1. The topological polar surface area (TPSA) is 67.2 Å². The molecule has 0 aromatic carbocycles. The van der Waals surface area contributed by atoms with Gasteiger partial charge in [0.05, 0.1) is 12.0 Å². The molecule has 0 saturated carbocycles. The molecule has 1 aromatic heterocycles. The van der Waals surface area contributed by atoms with Crippen LogP contribution in [0.5, 0.6) is 0 Å². The largest absolute Gasteiger partial charge is 0.480 e. The fourth-order valence-corrected chi connectivity index (χ4v) is 1.13. The minimum Gasteiger partial charge on any atom is -0.480 e. The zero-order chi connectivity index (χ0) is 10.6. The predicted octanol–water partition coefficient (Wildman–Crippen LogP) is 0.466. The Bertz CT molecular complexity index is 309. The fourth-order valence-electron chi connectivity index (χ4n) is 1.13. The third kappa shape index (κ3) is 2.56. The summed E-state index contributed by atoms with van der Waals surface area (Å²) in [5.74, 6) is -0.840. The summed E-state index contributed by atoms with van der Waals surface area (Å²) in [6.45, 7) is 5.01. The Kier molecular flexibility index (Phi) is 3.64. The highest BCUT2D eigenvalue weighted by Gasteiger charge is 2.10. The lowest BCUT2D eigenvalue weighted by Gasteiger charge is -2.09. The molecule has 5 nitrogen and oxygen atoms in total. The lowest BCUT2D eigenvalue weighted by atomic mass is 10.3. The molecule has 0 radical (unpaired) electrons. The number of hydrogen-bond acceptors (Lipinski definition) is 3. The van der Waals surface area contributed by atoms with Crippen molar-refractivity contribution in [1.29, 1.82) is 0 Å². The first-order chi connectivity index (χ1) is 6.65. The molecule has 14 heavy (non-hydrogen) atoms. The summed E-state index contributed by atoms with van der Waals surface area (Å²) in [5.41, 5.74) is 1.00. The average Bonchev–Trinajstić information content (AvgIpc) is 2.60. The van der Waals surface area contributed by atoms with Crippen LogP contribution in [0.3, 0.4) is 0 Å². The Hall–Kier alpha value is -1.36. The van der Waals surface area contributed by atoms with Crippen LogP contribution >= 0.6 is 0 Å². The van der Waals surface area contributed by atoms with E-state index in [4.69, 9.17) is 5.11 Å². The first-order valence-corrected chi connectivity index (χ1v) is 4.60. The number of aryl methyl sites for hydroxylation is 1. The maximum absolute atomic E-state index is 10.5. The minimum atomic E-state index is -0.840. The van der Waals surface area contributed by atoms with Crippen LogP contribution in [0, 0.1) is 0 Å². The van der Waals surface area contributed by atoms with Crippen molar-refractivity contribution in [3.05, 3.63) is 18.2 Å². The lowest BCUT2D eigenvalue weighted by Crippen LogP contribution is -2.33. The van der Waals surface area contributed by atoms with Gasteiger partial charge in [-0.1, -0.05) is 0 Å². The number of aromatic nitrogens is 2. The van der Waals surface area contributed by atoms with Crippen molar-refractivity contribution in [3.63, 3.8) is 0 Å². The minimum absolute atomic E-state index is 0.529. The fraction of sp³-hybridized carbons (Fsp3) is 0.556. The van der Waals surface area contributed by atoms with Crippen molar-refractivity contribution in [2.75, 3.05) is 0 Å². The Morgan fingerprint density at radius 3 is 3.07 bits per heavy atom. The van der Waals surface area contributed by atoms with Gasteiger partial charge in [0.2, 0.25) is 0 Å². The number of rotatable bonds is 5. The number of hydrogen-bond donors (Lipinski definition) is 2. The van der Waals surface area contributed by atoms with E-state index >= 15 is 0 Å². The molecule has 0 amide bonds. The van der Waals surface area contributed by atoms with Crippen molar-refractivity contribution in [3.8, 4) is 0 Å². The Morgan fingerprint density at radius 1 is 1.79 bits per heavy atom. The van der Waals surface area contributed by atoms with Gasteiger partial charge in [0, 0.05) is 19.3 Å². The lowest BCUT2D eigenvalue weighted by molar-refractivity contribution is -0.139. The van der Waals surface area contributed by atoms with Gasteiger partial charge in [0.15, 0.2) is 0 Å². The Balaban J connectivity index is 2.49. The van der Waals surface area contributed by atoms with Gasteiger partial charge in [-0.25, -0.2) is 4.98 Å². The monoisotopic (exact) mass is 197 g/mol. The van der Waals surface area contributed by atoms with Gasteiger partial charge in [0.1, 0.15) is 6.04 Å². The van der Waals surface area contributed by atoms with Crippen LogP contribution in [0.1, 0.15) is 19.5 Å². The van der Waals surface area contributed by atoms with Gasteiger partial charge >= 0.3 is 5.97 Å². The van der Waals surface area contributed by atoms with Crippen LogP contribution in [-0.2, 0) is 17.9 Å². The first-order valence-electron chi connectivity index (χ1n) is 4.60. The van der Waals surface area contributed by atoms with E-state index < -0.39 is 12.0 Å². The summed E-state index contributed by atoms with van der Waals surface area (Å²) in [7, 11) is 0. The van der Waals surface area contributed by atoms with E-state index in [0.29, 0.717) is 6.54 Å². The molecule has 0 bridgehead atoms. The van der Waals surface area contributed by atoms with Gasteiger partial charge in [-0.05, 0) is 13.8 Å². The van der Waals surface area contributed by atoms with E-state index in [2.05, 4.69) is 10.3 Å². The van der Waals surface area contributed by atoms with Gasteiger partial charge in [-0.3, -0.25) is 10.1 Å². The highest BCUT2D eigenvalue weighted by atomic mass is 16.4. The highest BCUT2D eigenvalue weighted by Crippen LogP contribution is 1.98. The van der Waals surface area contributed by atoms with Crippen LogP contribution in [0.25, 0.3) is 0 Å². The summed E-state index contributed by atoms with van der Waals surface area (Å²) in [5, 5.41) is 11.6. The SMILES string of the molecule is CCn1cncc1CNC(C)C(=O)O. The number of nitrogens with one attached hydrogen (secondary N) is 1. The number of carbonyl (C=O) groups is 1. The summed E-state index contributed by atoms with van der Waals surface area (Å²) < 4.78 is 1.97. The van der Waals surface area contributed by atoms with Crippen molar-refractivity contribution in [1.82, 2.24) is 14.9 Å². The summed E-state index contributed by atoms with van der Waals surface area (Å²) in [4.78, 5) is 14.5. The van der Waals surface area contributed by atoms with E-state index in [1.807, 2.05) is 11.5 Å². The predicted molar refractivity (Wildman–Crippen MR) is 51.8 cm³/mol. The number of aliphatic carboxylic acids is 1. The summed E-state index contributed by atoms with van der Waals surface area (Å²) >= 11 is 0. The second kappa shape index (κ2) is 4.76. The molecular weight excluding hydrogens is 182 g/mol. The number of carboxylic acids is 1. The van der Waals surface area contributed by atoms with E-state index in [9.17, 15) is 4.79 Å². The van der Waals surface area contributed by atoms with Gasteiger partial charge in [-0.15, -0.1) is 0 Å². The van der Waals surface area contributed by atoms with E-state index in [1.165, 1.54) is 0 Å². The molecule has 0 saturated heterocycles. The zero-order valence-electron chi connectivity index (χ0n) is 8.40. The molecule has 1 heterocycles. The van der Waals surface area contributed by atoms with Crippen LogP contribution in [-0.4, -0.2) is 26.7 Å². The molecule has 0 fully saturated rings. The average molecular weight is 197 g/mol. The second-order valence-corrected chi connectivity index (χ2v) is 3.11. The number of imidazole rings is 1. The molecule has 78 valence electrons. The Labute approximate surface area is 82.8 Å². The zero-order valence-corrected chi connectivity index (χ0v) is 8.40. The van der Waals surface area contributed by atoms with Gasteiger partial charge in [0.25, 0.3) is 0 Å². The van der Waals surface area contributed by atoms with Crippen LogP contribution in [0.15, 0.2) is 12.5 Å². The molecular formula is C9H15N3O2. The molecule has 5 heteroatoms. The molecule has 2 N–H and O–H groups in total. The molecule has 0 aliphatic heterocycles. The smallest absolute Gasteiger partial charge is 0.320 e. The molecule has 1 aromatic rings. The van der Waals surface area contributed by atoms with Gasteiger partial charge in [-0.2, -0.15) is 0 Å². The Morgan fingerprint density at radius 2 is 2.50 bits per heavy atom. The van der Waals surface area contributed by atoms with Crippen LogP contribution < -0.4 is 5.32 Å². The van der Waals surface area contributed by atoms with E-state index in [1.54, 1.807) is 19.4 Å². The van der Waals surface area contributed by atoms with Crippen molar-refractivity contribution in [2.45, 2.75) is 33.0 Å². The van der Waals surface area contributed by atoms with Crippen LogP contribution in [0.4, 0.5) is 0 Å². The van der Waals surface area contributed by atoms with E-state index in [-0.39, 0.29) is 0 Å². The molecule has 1 rings (SSSR count). The second-order valence-electron chi connectivity index (χ2n) is 3.11. The molecule has 0 aliphatic carbocycles. The molecule has 0 aliphatic rings. The third-order valence-electron chi connectivity index (χ3n) is 2.10. The molecule has 1 unspecified atom stereocenters. The number of nitrogens with zero attached hydrogens (tertiary/aromatic N) is 2. The quantitative estimate of drug-likeness (QED) is 0.720. The van der Waals surface area contributed by atoms with Crippen LogP contribution in [0.2, 0.25) is 0 Å².